The highest BCUT2D eigenvalue weighted by molar-refractivity contribution is 8.02. The smallest absolute Gasteiger partial charge is 0.00262 e. The van der Waals surface area contributed by atoms with Crippen molar-refractivity contribution in [1.82, 2.24) is 0 Å². The van der Waals surface area contributed by atoms with Gasteiger partial charge in [0.15, 0.2) is 0 Å². The maximum Gasteiger partial charge on any atom is -0.00262 e. The third-order valence-corrected chi connectivity index (χ3v) is 2.13. The number of thioether (sulfide) groups is 1. The van der Waals surface area contributed by atoms with Crippen molar-refractivity contribution < 1.29 is 0 Å². The van der Waals surface area contributed by atoms with Gasteiger partial charge in [0, 0.05) is 0 Å². The van der Waals surface area contributed by atoms with Crippen molar-refractivity contribution in [2.45, 2.75) is 40.5 Å². The molecule has 0 saturated heterocycles. The van der Waals surface area contributed by atoms with E-state index in [1.54, 1.807) is 0 Å². The van der Waals surface area contributed by atoms with Crippen molar-refractivity contribution >= 4 is 11.8 Å². The molecular formula is C10H20S. The zero-order chi connectivity index (χ0) is 8.74. The Balaban J connectivity index is 3.30. The highest BCUT2D eigenvalue weighted by Crippen LogP contribution is 2.17. The van der Waals surface area contributed by atoms with E-state index in [1.165, 1.54) is 18.6 Å². The third kappa shape index (κ3) is 10.1. The van der Waals surface area contributed by atoms with Crippen LogP contribution >= 0.6 is 11.8 Å². The summed E-state index contributed by atoms with van der Waals surface area (Å²) in [6.07, 6.45) is 4.91. The van der Waals surface area contributed by atoms with Crippen molar-refractivity contribution in [2.24, 2.45) is 5.41 Å². The fraction of sp³-hybridized carbons (Fsp3) is 0.800. The van der Waals surface area contributed by atoms with Crippen LogP contribution in [-0.2, 0) is 0 Å². The predicted octanol–water partition coefficient (Wildman–Crippen LogP) is 4.08. The second kappa shape index (κ2) is 5.70. The summed E-state index contributed by atoms with van der Waals surface area (Å²) in [6, 6.07) is 0. The van der Waals surface area contributed by atoms with E-state index in [9.17, 15) is 0 Å². The van der Waals surface area contributed by atoms with Crippen LogP contribution in [-0.4, -0.2) is 5.75 Å². The molecule has 11 heavy (non-hydrogen) atoms. The molecule has 0 nitrogen and oxygen atoms in total. The van der Waals surface area contributed by atoms with Crippen LogP contribution in [0.1, 0.15) is 40.5 Å². The lowest BCUT2D eigenvalue weighted by atomic mass is 9.98. The Morgan fingerprint density at radius 3 is 2.36 bits per heavy atom. The molecule has 0 aromatic carbocycles. The Morgan fingerprint density at radius 2 is 1.91 bits per heavy atom. The Hall–Kier alpha value is 0.0900. The number of rotatable bonds is 4. The Bertz CT molecular complexity index is 109. The van der Waals surface area contributed by atoms with Crippen molar-refractivity contribution in [3.05, 3.63) is 11.5 Å². The van der Waals surface area contributed by atoms with Gasteiger partial charge >= 0.3 is 0 Å². The molecule has 0 unspecified atom stereocenters. The molecule has 0 bridgehead atoms. The maximum atomic E-state index is 2.27. The summed E-state index contributed by atoms with van der Waals surface area (Å²) in [5.41, 5.74) is 0.346. The molecule has 0 N–H and O–H groups in total. The van der Waals surface area contributed by atoms with Crippen molar-refractivity contribution in [3.63, 3.8) is 0 Å². The fourth-order valence-corrected chi connectivity index (χ4v) is 1.64. The van der Waals surface area contributed by atoms with E-state index < -0.39 is 0 Å². The summed E-state index contributed by atoms with van der Waals surface area (Å²) in [6.45, 7) is 8.91. The number of allylic oxidation sites excluding steroid dienone is 1. The Labute approximate surface area is 75.5 Å². The van der Waals surface area contributed by atoms with E-state index >= 15 is 0 Å². The average Bonchev–Trinajstić information content (AvgIpc) is 1.85. The normalized spacial score (nSPS) is 12.7. The van der Waals surface area contributed by atoms with E-state index in [-0.39, 0.29) is 0 Å². The molecule has 0 rings (SSSR count). The highest BCUT2D eigenvalue weighted by Gasteiger charge is 2.02. The summed E-state index contributed by atoms with van der Waals surface area (Å²) < 4.78 is 0. The molecule has 0 radical (unpaired) electrons. The van der Waals surface area contributed by atoms with E-state index in [0.29, 0.717) is 5.41 Å². The van der Waals surface area contributed by atoms with Crippen LogP contribution in [0.5, 0.6) is 0 Å². The van der Waals surface area contributed by atoms with E-state index in [0.717, 1.165) is 0 Å². The fourth-order valence-electron chi connectivity index (χ4n) is 0.548. The Kier molecular flexibility index (Phi) is 5.75. The minimum atomic E-state index is 0.346. The van der Waals surface area contributed by atoms with Gasteiger partial charge in [-0.15, -0.1) is 11.8 Å². The first kappa shape index (κ1) is 11.1. The minimum absolute atomic E-state index is 0.346. The summed E-state index contributed by atoms with van der Waals surface area (Å²) in [4.78, 5) is 0. The van der Waals surface area contributed by atoms with Crippen molar-refractivity contribution in [2.75, 3.05) is 5.75 Å². The van der Waals surface area contributed by atoms with Gasteiger partial charge in [0.05, 0.1) is 0 Å². The van der Waals surface area contributed by atoms with Crippen LogP contribution in [0.2, 0.25) is 0 Å². The van der Waals surface area contributed by atoms with Gasteiger partial charge < -0.3 is 0 Å². The first-order valence-corrected chi connectivity index (χ1v) is 5.40. The van der Waals surface area contributed by atoms with Gasteiger partial charge in [-0.25, -0.2) is 0 Å². The van der Waals surface area contributed by atoms with Crippen LogP contribution < -0.4 is 0 Å². The number of hydrogen-bond acceptors (Lipinski definition) is 1. The molecular weight excluding hydrogens is 152 g/mol. The van der Waals surface area contributed by atoms with Gasteiger partial charge in [0.1, 0.15) is 0 Å². The predicted molar refractivity (Wildman–Crippen MR) is 56.0 cm³/mol. The molecule has 1 heteroatoms. The molecule has 0 aromatic heterocycles. The maximum absolute atomic E-state index is 2.27. The quantitative estimate of drug-likeness (QED) is 0.576. The SMILES string of the molecule is CCCCS/C=C/C(C)(C)C. The first-order valence-electron chi connectivity index (χ1n) is 4.35. The lowest BCUT2D eigenvalue weighted by Gasteiger charge is -2.10. The number of hydrogen-bond donors (Lipinski definition) is 0. The monoisotopic (exact) mass is 172 g/mol. The van der Waals surface area contributed by atoms with Crippen LogP contribution in [0.25, 0.3) is 0 Å². The van der Waals surface area contributed by atoms with Crippen molar-refractivity contribution in [3.8, 4) is 0 Å². The van der Waals surface area contributed by atoms with Gasteiger partial charge in [0.2, 0.25) is 0 Å². The van der Waals surface area contributed by atoms with Gasteiger partial charge in [-0.3, -0.25) is 0 Å². The molecule has 0 atom stereocenters. The second-order valence-electron chi connectivity index (χ2n) is 3.89. The molecule has 0 aromatic rings. The summed E-state index contributed by atoms with van der Waals surface area (Å²) in [5.74, 6) is 1.27. The van der Waals surface area contributed by atoms with Crippen molar-refractivity contribution in [1.29, 1.82) is 0 Å². The zero-order valence-corrected chi connectivity index (χ0v) is 9.00. The molecule has 0 fully saturated rings. The summed E-state index contributed by atoms with van der Waals surface area (Å²) in [7, 11) is 0. The highest BCUT2D eigenvalue weighted by atomic mass is 32.2. The largest absolute Gasteiger partial charge is 0.134 e. The summed E-state index contributed by atoms with van der Waals surface area (Å²) >= 11 is 1.92. The lowest BCUT2D eigenvalue weighted by Crippen LogP contribution is -1.97. The van der Waals surface area contributed by atoms with Gasteiger partial charge in [-0.2, -0.15) is 0 Å². The first-order chi connectivity index (χ1) is 5.06. The average molecular weight is 172 g/mol. The minimum Gasteiger partial charge on any atom is -0.134 e. The topological polar surface area (TPSA) is 0 Å². The molecule has 0 heterocycles. The van der Waals surface area contributed by atoms with Gasteiger partial charge in [-0.1, -0.05) is 40.2 Å². The van der Waals surface area contributed by atoms with Crippen LogP contribution in [0.4, 0.5) is 0 Å². The third-order valence-electron chi connectivity index (χ3n) is 1.28. The van der Waals surface area contributed by atoms with Crippen LogP contribution in [0.15, 0.2) is 11.5 Å². The molecule has 0 spiro atoms. The van der Waals surface area contributed by atoms with Crippen LogP contribution in [0.3, 0.4) is 0 Å². The van der Waals surface area contributed by atoms with Gasteiger partial charge in [0.25, 0.3) is 0 Å². The molecule has 66 valence electrons. The molecule has 0 aliphatic rings. The molecule has 0 amide bonds. The second-order valence-corrected chi connectivity index (χ2v) is 4.91. The van der Waals surface area contributed by atoms with E-state index in [2.05, 4.69) is 39.2 Å². The number of unbranched alkanes of at least 4 members (excludes halogenated alkanes) is 1. The van der Waals surface area contributed by atoms with Gasteiger partial charge in [-0.05, 0) is 23.0 Å². The van der Waals surface area contributed by atoms with E-state index in [4.69, 9.17) is 0 Å². The standard InChI is InChI=1S/C10H20S/c1-5-6-8-11-9-7-10(2,3)4/h7,9H,5-6,8H2,1-4H3/b9-7+. The Morgan fingerprint density at radius 1 is 1.27 bits per heavy atom. The lowest BCUT2D eigenvalue weighted by molar-refractivity contribution is 0.545. The molecule has 0 aliphatic heterocycles. The van der Waals surface area contributed by atoms with E-state index in [1.807, 2.05) is 11.8 Å². The zero-order valence-electron chi connectivity index (χ0n) is 8.18. The molecule has 0 aliphatic carbocycles. The van der Waals surface area contributed by atoms with Crippen LogP contribution in [0, 0.1) is 5.41 Å². The summed E-state index contributed by atoms with van der Waals surface area (Å²) in [5, 5.41) is 2.23. The molecule has 0 saturated carbocycles.